The number of hydrogen-bond acceptors (Lipinski definition) is 4. The topological polar surface area (TPSA) is 58.1 Å². The molecule has 0 spiro atoms. The Hall–Kier alpha value is -1.63. The number of guanidine groups is 1. The van der Waals surface area contributed by atoms with Crippen molar-refractivity contribution in [1.29, 1.82) is 0 Å². The maximum Gasteiger partial charge on any atom is 0.191 e. The number of morpholine rings is 1. The zero-order valence-corrected chi connectivity index (χ0v) is 15.6. The molecular formula is C19H32N4O2. The number of rotatable bonds is 9. The van der Waals surface area contributed by atoms with Gasteiger partial charge in [0.05, 0.1) is 26.4 Å². The molecule has 0 radical (unpaired) electrons. The first-order chi connectivity index (χ1) is 12.3. The van der Waals surface area contributed by atoms with E-state index in [1.807, 2.05) is 0 Å². The summed E-state index contributed by atoms with van der Waals surface area (Å²) in [6.45, 7) is 9.83. The second-order valence-electron chi connectivity index (χ2n) is 6.22. The second-order valence-corrected chi connectivity index (χ2v) is 6.22. The Bertz CT molecular complexity index is 516. The summed E-state index contributed by atoms with van der Waals surface area (Å²) in [7, 11) is 1.71. The van der Waals surface area contributed by atoms with Gasteiger partial charge in [0.25, 0.3) is 0 Å². The molecule has 1 aliphatic rings. The van der Waals surface area contributed by atoms with Gasteiger partial charge in [-0.05, 0) is 17.5 Å². The highest BCUT2D eigenvalue weighted by molar-refractivity contribution is 5.79. The summed E-state index contributed by atoms with van der Waals surface area (Å²) in [5, 5.41) is 6.64. The Balaban J connectivity index is 1.90. The van der Waals surface area contributed by atoms with Gasteiger partial charge < -0.3 is 20.1 Å². The van der Waals surface area contributed by atoms with Gasteiger partial charge in [-0.3, -0.25) is 4.90 Å². The van der Waals surface area contributed by atoms with Crippen LogP contribution in [0.2, 0.25) is 0 Å². The van der Waals surface area contributed by atoms with Crippen molar-refractivity contribution < 1.29 is 9.47 Å². The minimum atomic E-state index is 0.669. The summed E-state index contributed by atoms with van der Waals surface area (Å²) in [6.07, 6.45) is 1.07. The summed E-state index contributed by atoms with van der Waals surface area (Å²) in [4.78, 5) is 7.13. The number of methoxy groups -OCH3 is 1. The van der Waals surface area contributed by atoms with Crippen LogP contribution in [0, 0.1) is 0 Å². The smallest absolute Gasteiger partial charge is 0.191 e. The molecule has 1 aromatic carbocycles. The van der Waals surface area contributed by atoms with Crippen molar-refractivity contribution in [2.24, 2.45) is 4.99 Å². The first-order valence-corrected chi connectivity index (χ1v) is 9.21. The monoisotopic (exact) mass is 348 g/mol. The van der Waals surface area contributed by atoms with E-state index in [1.165, 1.54) is 11.1 Å². The Morgan fingerprint density at radius 2 is 1.96 bits per heavy atom. The van der Waals surface area contributed by atoms with E-state index in [-0.39, 0.29) is 0 Å². The third kappa shape index (κ3) is 7.86. The number of aliphatic imine (C=N–C) groups is 1. The van der Waals surface area contributed by atoms with Crippen LogP contribution in [0.3, 0.4) is 0 Å². The minimum Gasteiger partial charge on any atom is -0.383 e. The van der Waals surface area contributed by atoms with E-state index >= 15 is 0 Å². The first kappa shape index (κ1) is 19.7. The Kier molecular flexibility index (Phi) is 9.33. The van der Waals surface area contributed by atoms with Crippen molar-refractivity contribution in [1.82, 2.24) is 15.5 Å². The van der Waals surface area contributed by atoms with E-state index in [1.54, 1.807) is 7.11 Å². The molecule has 0 aliphatic carbocycles. The highest BCUT2D eigenvalue weighted by Gasteiger charge is 2.10. The third-order valence-electron chi connectivity index (χ3n) is 4.06. The first-order valence-electron chi connectivity index (χ1n) is 9.21. The van der Waals surface area contributed by atoms with Crippen LogP contribution in [0.1, 0.15) is 24.5 Å². The average molecular weight is 348 g/mol. The van der Waals surface area contributed by atoms with Crippen LogP contribution in [0.15, 0.2) is 29.3 Å². The predicted molar refractivity (Wildman–Crippen MR) is 102 cm³/mol. The summed E-state index contributed by atoms with van der Waals surface area (Å²) >= 11 is 0. The Labute approximate surface area is 151 Å². The standard InChI is InChI=1S/C19H32N4O2/c1-3-7-20-19(21-8-11-24-2)22-15-17-5-4-6-18(14-17)16-23-9-12-25-13-10-23/h4-6,14H,3,7-13,15-16H2,1-2H3,(H2,20,21,22). The third-order valence-corrected chi connectivity index (χ3v) is 4.06. The summed E-state index contributed by atoms with van der Waals surface area (Å²) < 4.78 is 10.5. The Morgan fingerprint density at radius 1 is 1.20 bits per heavy atom. The molecule has 1 aliphatic heterocycles. The molecule has 25 heavy (non-hydrogen) atoms. The van der Waals surface area contributed by atoms with Crippen LogP contribution in [0.5, 0.6) is 0 Å². The van der Waals surface area contributed by atoms with Crippen LogP contribution in [0.4, 0.5) is 0 Å². The van der Waals surface area contributed by atoms with Crippen LogP contribution < -0.4 is 10.6 Å². The average Bonchev–Trinajstić information content (AvgIpc) is 2.65. The number of hydrogen-bond donors (Lipinski definition) is 2. The SMILES string of the molecule is CCCNC(=NCc1cccc(CN2CCOCC2)c1)NCCOC. The predicted octanol–water partition coefficient (Wildman–Crippen LogP) is 1.61. The van der Waals surface area contributed by atoms with Crippen molar-refractivity contribution in [2.45, 2.75) is 26.4 Å². The number of nitrogens with one attached hydrogen (secondary N) is 2. The number of nitrogens with zero attached hydrogens (tertiary/aromatic N) is 2. The van der Waals surface area contributed by atoms with Gasteiger partial charge in [-0.1, -0.05) is 31.2 Å². The van der Waals surface area contributed by atoms with Gasteiger partial charge in [-0.2, -0.15) is 0 Å². The van der Waals surface area contributed by atoms with E-state index in [9.17, 15) is 0 Å². The van der Waals surface area contributed by atoms with E-state index in [2.05, 4.69) is 46.7 Å². The molecule has 0 aromatic heterocycles. The molecule has 1 aromatic rings. The van der Waals surface area contributed by atoms with E-state index < -0.39 is 0 Å². The fourth-order valence-corrected chi connectivity index (χ4v) is 2.70. The number of benzene rings is 1. The molecule has 0 bridgehead atoms. The largest absolute Gasteiger partial charge is 0.383 e. The maximum atomic E-state index is 5.42. The van der Waals surface area contributed by atoms with Crippen LogP contribution >= 0.6 is 0 Å². The van der Waals surface area contributed by atoms with Crippen molar-refractivity contribution in [3.8, 4) is 0 Å². The van der Waals surface area contributed by atoms with Crippen LogP contribution in [0.25, 0.3) is 0 Å². The molecule has 0 amide bonds. The molecule has 0 unspecified atom stereocenters. The molecule has 6 heteroatoms. The maximum absolute atomic E-state index is 5.42. The van der Waals surface area contributed by atoms with Gasteiger partial charge >= 0.3 is 0 Å². The highest BCUT2D eigenvalue weighted by Crippen LogP contribution is 2.10. The van der Waals surface area contributed by atoms with Gasteiger partial charge in [0, 0.05) is 39.8 Å². The zero-order valence-electron chi connectivity index (χ0n) is 15.6. The van der Waals surface area contributed by atoms with Gasteiger partial charge in [-0.25, -0.2) is 4.99 Å². The molecule has 0 saturated carbocycles. The molecule has 6 nitrogen and oxygen atoms in total. The lowest BCUT2D eigenvalue weighted by molar-refractivity contribution is 0.0342. The summed E-state index contributed by atoms with van der Waals surface area (Å²) in [5.41, 5.74) is 2.57. The molecular weight excluding hydrogens is 316 g/mol. The van der Waals surface area contributed by atoms with Crippen molar-refractivity contribution in [3.63, 3.8) is 0 Å². The van der Waals surface area contributed by atoms with Crippen molar-refractivity contribution in [2.75, 3.05) is 53.1 Å². The quantitative estimate of drug-likeness (QED) is 0.403. The second kappa shape index (κ2) is 11.8. The van der Waals surface area contributed by atoms with E-state index in [0.717, 1.165) is 58.3 Å². The van der Waals surface area contributed by atoms with Gasteiger partial charge in [0.15, 0.2) is 5.96 Å². The lowest BCUT2D eigenvalue weighted by Gasteiger charge is -2.26. The van der Waals surface area contributed by atoms with Crippen molar-refractivity contribution in [3.05, 3.63) is 35.4 Å². The summed E-state index contributed by atoms with van der Waals surface area (Å²) in [5.74, 6) is 0.845. The van der Waals surface area contributed by atoms with E-state index in [0.29, 0.717) is 13.2 Å². The van der Waals surface area contributed by atoms with E-state index in [4.69, 9.17) is 14.5 Å². The lowest BCUT2D eigenvalue weighted by atomic mass is 10.1. The van der Waals surface area contributed by atoms with Gasteiger partial charge in [0.1, 0.15) is 0 Å². The normalized spacial score (nSPS) is 16.0. The zero-order chi connectivity index (χ0) is 17.7. The van der Waals surface area contributed by atoms with Gasteiger partial charge in [-0.15, -0.1) is 0 Å². The molecule has 1 fully saturated rings. The fraction of sp³-hybridized carbons (Fsp3) is 0.632. The molecule has 2 N–H and O–H groups in total. The molecule has 2 rings (SSSR count). The molecule has 140 valence electrons. The lowest BCUT2D eigenvalue weighted by Crippen LogP contribution is -2.39. The minimum absolute atomic E-state index is 0.669. The molecule has 0 atom stereocenters. The molecule has 1 heterocycles. The van der Waals surface area contributed by atoms with Crippen molar-refractivity contribution >= 4 is 5.96 Å². The summed E-state index contributed by atoms with van der Waals surface area (Å²) in [6, 6.07) is 8.71. The molecule has 1 saturated heterocycles. The fourth-order valence-electron chi connectivity index (χ4n) is 2.70. The van der Waals surface area contributed by atoms with Crippen LogP contribution in [-0.4, -0.2) is 64.0 Å². The van der Waals surface area contributed by atoms with Crippen LogP contribution in [-0.2, 0) is 22.6 Å². The van der Waals surface area contributed by atoms with Gasteiger partial charge in [0.2, 0.25) is 0 Å². The highest BCUT2D eigenvalue weighted by atomic mass is 16.5. The number of ether oxygens (including phenoxy) is 2. The Morgan fingerprint density at radius 3 is 2.72 bits per heavy atom.